The van der Waals surface area contributed by atoms with Crippen LogP contribution in [0.4, 0.5) is 11.6 Å². The molecule has 0 unspecified atom stereocenters. The predicted octanol–water partition coefficient (Wildman–Crippen LogP) is 3.37. The second-order valence-corrected chi connectivity index (χ2v) is 5.79. The summed E-state index contributed by atoms with van der Waals surface area (Å²) in [7, 11) is 2.02. The average molecular weight is 327 g/mol. The zero-order chi connectivity index (χ0) is 13.0. The molecule has 0 aliphatic rings. The third kappa shape index (κ3) is 3.43. The fourth-order valence-electron chi connectivity index (χ4n) is 1.56. The Labute approximate surface area is 119 Å². The molecule has 0 atom stereocenters. The molecule has 2 aromatic rings. The molecule has 0 aliphatic heterocycles. The van der Waals surface area contributed by atoms with E-state index in [1.54, 1.807) is 23.7 Å². The number of anilines is 2. The Balaban J connectivity index is 2.08. The Morgan fingerprint density at radius 2 is 2.28 bits per heavy atom. The summed E-state index contributed by atoms with van der Waals surface area (Å²) >= 11 is 5.20. The molecule has 6 heteroatoms. The first-order valence-electron chi connectivity index (χ1n) is 5.69. The van der Waals surface area contributed by atoms with Gasteiger partial charge in [0, 0.05) is 28.3 Å². The lowest BCUT2D eigenvalue weighted by molar-refractivity contribution is 0.902. The molecular weight excluding hydrogens is 312 g/mol. The van der Waals surface area contributed by atoms with Crippen LogP contribution in [-0.2, 0) is 6.54 Å². The average Bonchev–Trinajstić information content (AvgIpc) is 2.75. The van der Waals surface area contributed by atoms with Crippen LogP contribution in [0, 0.1) is 0 Å². The SMILES string of the molecule is CCNc1cncc(N(C)Cc2cc(Br)cs2)n1. The van der Waals surface area contributed by atoms with Crippen molar-refractivity contribution in [2.45, 2.75) is 13.5 Å². The van der Waals surface area contributed by atoms with E-state index < -0.39 is 0 Å². The maximum atomic E-state index is 4.51. The summed E-state index contributed by atoms with van der Waals surface area (Å²) in [4.78, 5) is 12.1. The second kappa shape index (κ2) is 6.15. The molecule has 0 aliphatic carbocycles. The number of aromatic nitrogens is 2. The van der Waals surface area contributed by atoms with Crippen LogP contribution >= 0.6 is 27.3 Å². The van der Waals surface area contributed by atoms with Crippen LogP contribution < -0.4 is 10.2 Å². The highest BCUT2D eigenvalue weighted by Gasteiger charge is 2.06. The third-order valence-corrected chi connectivity index (χ3v) is 4.07. The minimum Gasteiger partial charge on any atom is -0.369 e. The van der Waals surface area contributed by atoms with E-state index in [1.165, 1.54) is 4.88 Å². The van der Waals surface area contributed by atoms with E-state index in [0.717, 1.165) is 29.2 Å². The van der Waals surface area contributed by atoms with Crippen molar-refractivity contribution in [1.82, 2.24) is 9.97 Å². The Bertz CT molecular complexity index is 514. The summed E-state index contributed by atoms with van der Waals surface area (Å²) in [5.74, 6) is 1.69. The summed E-state index contributed by atoms with van der Waals surface area (Å²) in [6, 6.07) is 2.13. The summed E-state index contributed by atoms with van der Waals surface area (Å²) in [6.45, 7) is 3.72. The molecule has 2 heterocycles. The lowest BCUT2D eigenvalue weighted by atomic mass is 10.4. The molecule has 4 nitrogen and oxygen atoms in total. The highest BCUT2D eigenvalue weighted by Crippen LogP contribution is 2.22. The molecule has 18 heavy (non-hydrogen) atoms. The minimum atomic E-state index is 0.814. The molecule has 2 rings (SSSR count). The first-order chi connectivity index (χ1) is 8.69. The van der Waals surface area contributed by atoms with Crippen LogP contribution in [0.3, 0.4) is 0 Å². The van der Waals surface area contributed by atoms with Gasteiger partial charge in [0.15, 0.2) is 0 Å². The first kappa shape index (κ1) is 13.3. The molecule has 0 bridgehead atoms. The molecule has 0 saturated carbocycles. The molecule has 96 valence electrons. The van der Waals surface area contributed by atoms with Crippen molar-refractivity contribution in [3.8, 4) is 0 Å². The number of nitrogens with zero attached hydrogens (tertiary/aromatic N) is 3. The Kier molecular flexibility index (Phi) is 4.54. The Morgan fingerprint density at radius 3 is 2.94 bits per heavy atom. The summed E-state index contributed by atoms with van der Waals surface area (Å²) < 4.78 is 1.13. The van der Waals surface area contributed by atoms with Gasteiger partial charge in [0.25, 0.3) is 0 Å². The molecule has 2 aromatic heterocycles. The number of thiophene rings is 1. The monoisotopic (exact) mass is 326 g/mol. The largest absolute Gasteiger partial charge is 0.369 e. The summed E-state index contributed by atoms with van der Waals surface area (Å²) in [5.41, 5.74) is 0. The van der Waals surface area contributed by atoms with Crippen LogP contribution in [0.5, 0.6) is 0 Å². The Hall–Kier alpha value is -1.14. The van der Waals surface area contributed by atoms with Crippen molar-refractivity contribution >= 4 is 38.9 Å². The van der Waals surface area contributed by atoms with Crippen molar-refractivity contribution in [2.24, 2.45) is 0 Å². The molecular formula is C12H15BrN4S. The van der Waals surface area contributed by atoms with Crippen LogP contribution in [0.15, 0.2) is 28.3 Å². The summed E-state index contributed by atoms with van der Waals surface area (Å²) in [5, 5.41) is 5.25. The fraction of sp³-hybridized carbons (Fsp3) is 0.333. The third-order valence-electron chi connectivity index (χ3n) is 2.39. The van der Waals surface area contributed by atoms with E-state index in [-0.39, 0.29) is 0 Å². The van der Waals surface area contributed by atoms with Crippen molar-refractivity contribution in [2.75, 3.05) is 23.8 Å². The van der Waals surface area contributed by atoms with E-state index in [4.69, 9.17) is 0 Å². The number of hydrogen-bond donors (Lipinski definition) is 1. The van der Waals surface area contributed by atoms with E-state index in [2.05, 4.69) is 47.6 Å². The van der Waals surface area contributed by atoms with Gasteiger partial charge in [-0.05, 0) is 28.9 Å². The van der Waals surface area contributed by atoms with E-state index >= 15 is 0 Å². The van der Waals surface area contributed by atoms with Crippen molar-refractivity contribution in [1.29, 1.82) is 0 Å². The highest BCUT2D eigenvalue weighted by atomic mass is 79.9. The van der Waals surface area contributed by atoms with E-state index in [9.17, 15) is 0 Å². The van der Waals surface area contributed by atoms with Gasteiger partial charge >= 0.3 is 0 Å². The lowest BCUT2D eigenvalue weighted by Gasteiger charge is -2.17. The molecule has 0 fully saturated rings. The van der Waals surface area contributed by atoms with Crippen molar-refractivity contribution < 1.29 is 0 Å². The van der Waals surface area contributed by atoms with Gasteiger partial charge < -0.3 is 10.2 Å². The van der Waals surface area contributed by atoms with Crippen LogP contribution in [0.2, 0.25) is 0 Å². The van der Waals surface area contributed by atoms with Gasteiger partial charge in [0.1, 0.15) is 11.6 Å². The molecule has 0 spiro atoms. The first-order valence-corrected chi connectivity index (χ1v) is 7.36. The number of nitrogens with one attached hydrogen (secondary N) is 1. The van der Waals surface area contributed by atoms with Gasteiger partial charge in [-0.25, -0.2) is 4.98 Å². The van der Waals surface area contributed by atoms with Gasteiger partial charge in [-0.3, -0.25) is 4.98 Å². The molecule has 0 saturated heterocycles. The standard InChI is InChI=1S/C12H15BrN4S/c1-3-15-11-5-14-6-12(16-11)17(2)7-10-4-9(13)8-18-10/h4-6,8H,3,7H2,1-2H3,(H,15,16). The van der Waals surface area contributed by atoms with Gasteiger partial charge in [-0.2, -0.15) is 0 Å². The highest BCUT2D eigenvalue weighted by molar-refractivity contribution is 9.10. The number of hydrogen-bond acceptors (Lipinski definition) is 5. The zero-order valence-corrected chi connectivity index (χ0v) is 12.8. The summed E-state index contributed by atoms with van der Waals surface area (Å²) in [6.07, 6.45) is 3.52. The van der Waals surface area contributed by atoms with Gasteiger partial charge in [0.2, 0.25) is 0 Å². The molecule has 0 radical (unpaired) electrons. The van der Waals surface area contributed by atoms with Crippen molar-refractivity contribution in [3.63, 3.8) is 0 Å². The molecule has 1 N–H and O–H groups in total. The Morgan fingerprint density at radius 1 is 1.44 bits per heavy atom. The molecule has 0 amide bonds. The fourth-order valence-corrected chi connectivity index (χ4v) is 3.06. The van der Waals surface area contributed by atoms with Gasteiger partial charge in [-0.15, -0.1) is 11.3 Å². The second-order valence-electron chi connectivity index (χ2n) is 3.88. The van der Waals surface area contributed by atoms with E-state index in [1.807, 2.05) is 14.0 Å². The maximum Gasteiger partial charge on any atom is 0.149 e. The van der Waals surface area contributed by atoms with Crippen LogP contribution in [0.1, 0.15) is 11.8 Å². The van der Waals surface area contributed by atoms with Gasteiger partial charge in [-0.1, -0.05) is 0 Å². The number of halogens is 1. The molecule has 0 aromatic carbocycles. The van der Waals surface area contributed by atoms with Crippen molar-refractivity contribution in [3.05, 3.63) is 33.2 Å². The zero-order valence-electron chi connectivity index (χ0n) is 10.4. The van der Waals surface area contributed by atoms with Crippen LogP contribution in [-0.4, -0.2) is 23.6 Å². The minimum absolute atomic E-state index is 0.814. The normalized spacial score (nSPS) is 10.4. The predicted molar refractivity (Wildman–Crippen MR) is 80.3 cm³/mol. The van der Waals surface area contributed by atoms with Crippen LogP contribution in [0.25, 0.3) is 0 Å². The van der Waals surface area contributed by atoms with Gasteiger partial charge in [0.05, 0.1) is 18.9 Å². The number of rotatable bonds is 5. The van der Waals surface area contributed by atoms with E-state index in [0.29, 0.717) is 0 Å². The maximum absolute atomic E-state index is 4.51. The topological polar surface area (TPSA) is 41.1 Å². The lowest BCUT2D eigenvalue weighted by Crippen LogP contribution is -2.17. The smallest absolute Gasteiger partial charge is 0.149 e. The quantitative estimate of drug-likeness (QED) is 0.914.